The number of nitrogens with one attached hydrogen (secondary N) is 1. The van der Waals surface area contributed by atoms with Gasteiger partial charge in [-0.05, 0) is 42.7 Å². The minimum absolute atomic E-state index is 0.133. The summed E-state index contributed by atoms with van der Waals surface area (Å²) in [6.07, 6.45) is -3.83. The minimum Gasteiger partial charge on any atom is -0.370 e. The fraction of sp³-hybridized carbons (Fsp3) is 0.238. The van der Waals surface area contributed by atoms with E-state index in [0.29, 0.717) is 35.2 Å². The molecule has 2 aromatic carbocycles. The second-order valence-corrected chi connectivity index (χ2v) is 8.50. The molecule has 0 fully saturated rings. The van der Waals surface area contributed by atoms with E-state index in [1.54, 1.807) is 36.4 Å². The van der Waals surface area contributed by atoms with E-state index in [0.717, 1.165) is 16.7 Å². The van der Waals surface area contributed by atoms with Crippen molar-refractivity contribution in [1.82, 2.24) is 9.97 Å². The zero-order valence-electron chi connectivity index (χ0n) is 17.0. The lowest BCUT2D eigenvalue weighted by atomic mass is 10.1. The van der Waals surface area contributed by atoms with Gasteiger partial charge in [0.25, 0.3) is 0 Å². The maximum absolute atomic E-state index is 12.3. The van der Waals surface area contributed by atoms with Crippen LogP contribution in [0.25, 0.3) is 11.3 Å². The molecule has 0 saturated heterocycles. The molecule has 1 atom stereocenters. The Morgan fingerprint density at radius 3 is 2.56 bits per heavy atom. The fourth-order valence-electron chi connectivity index (χ4n) is 2.94. The Morgan fingerprint density at radius 2 is 1.88 bits per heavy atom. The van der Waals surface area contributed by atoms with Crippen molar-refractivity contribution in [1.29, 1.82) is 0 Å². The summed E-state index contributed by atoms with van der Waals surface area (Å²) in [6, 6.07) is 14.0. The number of hydrogen-bond donors (Lipinski definition) is 3. The summed E-state index contributed by atoms with van der Waals surface area (Å²) in [5.74, 6) is -0.652. The van der Waals surface area contributed by atoms with Crippen molar-refractivity contribution in [2.75, 3.05) is 23.3 Å². The van der Waals surface area contributed by atoms with Crippen LogP contribution in [0, 0.1) is 6.92 Å². The van der Waals surface area contributed by atoms with E-state index in [1.807, 2.05) is 19.1 Å². The van der Waals surface area contributed by atoms with Crippen molar-refractivity contribution in [3.63, 3.8) is 0 Å². The first-order chi connectivity index (χ1) is 15.1. The van der Waals surface area contributed by atoms with E-state index in [-0.39, 0.29) is 5.95 Å². The average Bonchev–Trinajstić information content (AvgIpc) is 2.69. The third-order valence-electron chi connectivity index (χ3n) is 4.45. The van der Waals surface area contributed by atoms with Crippen molar-refractivity contribution < 1.29 is 17.7 Å². The van der Waals surface area contributed by atoms with Crippen LogP contribution in [0.5, 0.6) is 0 Å². The van der Waals surface area contributed by atoms with Crippen LogP contribution in [0.3, 0.4) is 0 Å². The van der Waals surface area contributed by atoms with Crippen molar-refractivity contribution in [2.45, 2.75) is 19.5 Å². The lowest BCUT2D eigenvalue weighted by Gasteiger charge is -2.11. The molecule has 0 amide bonds. The molecular formula is C21H21ClF3N5OS. The summed E-state index contributed by atoms with van der Waals surface area (Å²) >= 11 is 6.20. The normalized spacial score (nSPS) is 12.7. The topological polar surface area (TPSA) is 96.4 Å². The number of nitrogens with zero attached hydrogens (tertiary/aromatic N) is 3. The third-order valence-corrected chi connectivity index (χ3v) is 5.86. The van der Waals surface area contributed by atoms with E-state index in [2.05, 4.69) is 19.6 Å². The molecule has 0 spiro atoms. The number of alkyl halides is 3. The Balaban J connectivity index is 1.63. The first-order valence-electron chi connectivity index (χ1n) is 9.52. The molecule has 4 N–H and O–H groups in total. The monoisotopic (exact) mass is 483 g/mol. The number of benzene rings is 2. The van der Waals surface area contributed by atoms with Crippen molar-refractivity contribution in [3.8, 4) is 11.3 Å². The molecule has 1 aromatic heterocycles. The Morgan fingerprint density at radius 1 is 1.16 bits per heavy atom. The average molecular weight is 484 g/mol. The van der Waals surface area contributed by atoms with Gasteiger partial charge in [-0.15, -0.1) is 0 Å². The Kier molecular flexibility index (Phi) is 7.70. The molecule has 0 aliphatic carbocycles. The van der Waals surface area contributed by atoms with E-state index in [4.69, 9.17) is 17.3 Å². The molecule has 0 bridgehead atoms. The van der Waals surface area contributed by atoms with Gasteiger partial charge in [0, 0.05) is 34.2 Å². The largest absolute Gasteiger partial charge is 0.400 e. The van der Waals surface area contributed by atoms with Gasteiger partial charge in [-0.25, -0.2) is 9.35 Å². The quantitative estimate of drug-likeness (QED) is 0.394. The molecule has 1 unspecified atom stereocenters. The van der Waals surface area contributed by atoms with Crippen LogP contribution >= 0.6 is 11.6 Å². The van der Waals surface area contributed by atoms with Crippen molar-refractivity contribution in [2.24, 2.45) is 4.36 Å². The predicted molar refractivity (Wildman–Crippen MR) is 123 cm³/mol. The number of anilines is 2. The molecule has 0 aliphatic rings. The lowest BCUT2D eigenvalue weighted by Crippen LogP contribution is -2.17. The van der Waals surface area contributed by atoms with Crippen LogP contribution in [0.1, 0.15) is 11.1 Å². The van der Waals surface area contributed by atoms with Crippen LogP contribution in [0.4, 0.5) is 30.6 Å². The molecular weight excluding hydrogens is 463 g/mol. The first-order valence-corrected chi connectivity index (χ1v) is 11.2. The second-order valence-electron chi connectivity index (χ2n) is 6.94. The van der Waals surface area contributed by atoms with Gasteiger partial charge in [0.2, 0.25) is 5.95 Å². The van der Waals surface area contributed by atoms with E-state index in [1.165, 1.54) is 0 Å². The number of aromatic nitrogens is 2. The fourth-order valence-corrected chi connectivity index (χ4v) is 3.84. The van der Waals surface area contributed by atoms with Crippen LogP contribution < -0.4 is 11.1 Å². The Hall–Kier alpha value is -2.69. The van der Waals surface area contributed by atoms with E-state index >= 15 is 0 Å². The molecule has 0 aliphatic heterocycles. The maximum Gasteiger partial charge on any atom is 0.400 e. The van der Waals surface area contributed by atoms with Gasteiger partial charge in [0.05, 0.1) is 11.4 Å². The zero-order valence-corrected chi connectivity index (χ0v) is 18.6. The van der Waals surface area contributed by atoms with Gasteiger partial charge < -0.3 is 15.6 Å². The molecule has 0 radical (unpaired) electrons. The van der Waals surface area contributed by atoms with Gasteiger partial charge in [0.15, 0.2) is 0 Å². The van der Waals surface area contributed by atoms with Crippen molar-refractivity contribution in [3.05, 3.63) is 64.7 Å². The van der Waals surface area contributed by atoms with Gasteiger partial charge in [-0.1, -0.05) is 35.9 Å². The Bertz CT molecular complexity index is 1120. The summed E-state index contributed by atoms with van der Waals surface area (Å²) in [6.45, 7) is 2.45. The van der Waals surface area contributed by atoms with Gasteiger partial charge in [-0.3, -0.25) is 0 Å². The molecule has 1 heterocycles. The van der Waals surface area contributed by atoms with E-state index in [9.17, 15) is 17.7 Å². The summed E-state index contributed by atoms with van der Waals surface area (Å²) < 4.78 is 50.0. The molecule has 3 aromatic rings. The zero-order chi connectivity index (χ0) is 23.3. The third kappa shape index (κ3) is 6.91. The second kappa shape index (κ2) is 10.3. The van der Waals surface area contributed by atoms with E-state index < -0.39 is 22.9 Å². The molecule has 32 heavy (non-hydrogen) atoms. The molecule has 0 saturated carbocycles. The summed E-state index contributed by atoms with van der Waals surface area (Å²) in [5.41, 5.74) is 9.52. The van der Waals surface area contributed by atoms with Gasteiger partial charge in [0.1, 0.15) is 11.6 Å². The van der Waals surface area contributed by atoms with Crippen LogP contribution in [-0.2, 0) is 17.4 Å². The highest BCUT2D eigenvalue weighted by Crippen LogP contribution is 2.28. The van der Waals surface area contributed by atoms with Crippen LogP contribution in [0.15, 0.2) is 52.9 Å². The number of nitrogen functional groups attached to an aromatic ring is 1. The summed E-state index contributed by atoms with van der Waals surface area (Å²) in [4.78, 5) is 8.50. The highest BCUT2D eigenvalue weighted by molar-refractivity contribution is 7.81. The summed E-state index contributed by atoms with van der Waals surface area (Å²) in [7, 11) is -2.10. The van der Waals surface area contributed by atoms with Gasteiger partial charge in [-0.2, -0.15) is 18.2 Å². The molecule has 3 rings (SSSR count). The summed E-state index contributed by atoms with van der Waals surface area (Å²) in [5, 5.41) is 3.83. The van der Waals surface area contributed by atoms with Crippen molar-refractivity contribution >= 4 is 40.0 Å². The van der Waals surface area contributed by atoms with Crippen LogP contribution in [-0.4, -0.2) is 33.0 Å². The maximum atomic E-state index is 12.3. The molecule has 11 heteroatoms. The standard InChI is InChI=1S/C21H21ClF3N5OS/c1-13-16(3-2-4-17(13)22)18-11-19(29-20(26)28-18)27-10-9-14-5-7-15(8-6-14)30-32(31)12-21(23,24)25/h2-8,11H,9-10,12H2,1H3,(H,30,31)(H3,26,27,28,29). The highest BCUT2D eigenvalue weighted by Gasteiger charge is 2.29. The Labute approximate surface area is 191 Å². The molecule has 6 nitrogen and oxygen atoms in total. The SMILES string of the molecule is Cc1c(Cl)cccc1-c1cc(NCCc2ccc(N=S(O)CC(F)(F)F)cc2)nc(N)n1. The number of nitrogens with two attached hydrogens (primary N) is 1. The van der Waals surface area contributed by atoms with Gasteiger partial charge >= 0.3 is 6.18 Å². The highest BCUT2D eigenvalue weighted by atomic mass is 35.5. The minimum atomic E-state index is -4.46. The first kappa shape index (κ1) is 24.0. The number of halogens is 4. The van der Waals surface area contributed by atoms with Crippen LogP contribution in [0.2, 0.25) is 5.02 Å². The predicted octanol–water partition coefficient (Wildman–Crippen LogP) is 5.81. The molecule has 170 valence electrons. The lowest BCUT2D eigenvalue weighted by molar-refractivity contribution is -0.106. The smallest absolute Gasteiger partial charge is 0.370 e. The number of rotatable bonds is 7. The number of hydrogen-bond acceptors (Lipinski definition) is 5.